The van der Waals surface area contributed by atoms with E-state index in [1.165, 1.54) is 0 Å². The first-order chi connectivity index (χ1) is 8.70. The predicted molar refractivity (Wildman–Crippen MR) is 70.5 cm³/mol. The van der Waals surface area contributed by atoms with Gasteiger partial charge >= 0.3 is 0 Å². The number of hydrogen-bond donors (Lipinski definition) is 1. The lowest BCUT2D eigenvalue weighted by atomic mass is 10.1. The van der Waals surface area contributed by atoms with E-state index in [4.69, 9.17) is 10.1 Å². The van der Waals surface area contributed by atoms with Crippen LogP contribution in [0.4, 0.5) is 0 Å². The molecule has 1 aromatic rings. The maximum atomic E-state index is 10.9. The van der Waals surface area contributed by atoms with E-state index in [0.29, 0.717) is 17.1 Å². The normalized spacial score (nSPS) is 16.4. The molecule has 0 aromatic heterocycles. The Balaban J connectivity index is 1.95. The summed E-state index contributed by atoms with van der Waals surface area (Å²) in [5, 5.41) is 7.58. The quantitative estimate of drug-likeness (QED) is 0.506. The zero-order chi connectivity index (χ0) is 13.0. The van der Waals surface area contributed by atoms with Gasteiger partial charge in [0.15, 0.2) is 6.29 Å². The minimum Gasteiger partial charge on any atom is -0.490 e. The fourth-order valence-electron chi connectivity index (χ4n) is 2.17. The van der Waals surface area contributed by atoms with E-state index in [2.05, 4.69) is 0 Å². The van der Waals surface area contributed by atoms with Gasteiger partial charge < -0.3 is 9.64 Å². The summed E-state index contributed by atoms with van der Waals surface area (Å²) >= 11 is 0. The summed E-state index contributed by atoms with van der Waals surface area (Å²) in [6.45, 7) is 3.51. The van der Waals surface area contributed by atoms with Crippen molar-refractivity contribution in [3.63, 3.8) is 0 Å². The molecule has 0 unspecified atom stereocenters. The first-order valence-corrected chi connectivity index (χ1v) is 6.21. The second kappa shape index (κ2) is 5.67. The lowest BCUT2D eigenvalue weighted by Gasteiger charge is -2.33. The number of carbonyl (C=O) groups excluding carboxylic acids is 1. The number of nitrogens with one attached hydrogen (secondary N) is 1. The lowest BCUT2D eigenvalue weighted by molar-refractivity contribution is 0.110. The minimum absolute atomic E-state index is 0.140. The molecule has 1 fully saturated rings. The van der Waals surface area contributed by atoms with Gasteiger partial charge in [-0.05, 0) is 19.1 Å². The van der Waals surface area contributed by atoms with Crippen molar-refractivity contribution in [1.29, 1.82) is 5.41 Å². The van der Waals surface area contributed by atoms with E-state index in [1.54, 1.807) is 6.07 Å². The van der Waals surface area contributed by atoms with Crippen molar-refractivity contribution in [3.8, 4) is 5.75 Å². The van der Waals surface area contributed by atoms with Crippen molar-refractivity contribution < 1.29 is 9.53 Å². The zero-order valence-corrected chi connectivity index (χ0v) is 10.6. The van der Waals surface area contributed by atoms with Crippen LogP contribution in [-0.2, 0) is 0 Å². The van der Waals surface area contributed by atoms with Crippen LogP contribution >= 0.6 is 0 Å². The molecule has 0 saturated carbocycles. The Kier molecular flexibility index (Phi) is 3.97. The summed E-state index contributed by atoms with van der Waals surface area (Å²) in [4.78, 5) is 12.9. The minimum atomic E-state index is 0.140. The Labute approximate surface area is 107 Å². The number of carbonyl (C=O) groups is 1. The molecule has 1 aliphatic heterocycles. The van der Waals surface area contributed by atoms with Crippen LogP contribution in [0.5, 0.6) is 5.75 Å². The van der Waals surface area contributed by atoms with Crippen LogP contribution in [0.3, 0.4) is 0 Å². The van der Waals surface area contributed by atoms with Crippen molar-refractivity contribution in [2.75, 3.05) is 13.1 Å². The fourth-order valence-corrected chi connectivity index (χ4v) is 2.17. The van der Waals surface area contributed by atoms with Crippen molar-refractivity contribution in [1.82, 2.24) is 4.90 Å². The summed E-state index contributed by atoms with van der Waals surface area (Å²) in [7, 11) is 0. The van der Waals surface area contributed by atoms with Gasteiger partial charge in [0.1, 0.15) is 11.9 Å². The molecule has 1 aromatic carbocycles. The van der Waals surface area contributed by atoms with Gasteiger partial charge in [0, 0.05) is 25.9 Å². The zero-order valence-electron chi connectivity index (χ0n) is 10.6. The van der Waals surface area contributed by atoms with Gasteiger partial charge in [0.2, 0.25) is 0 Å². The number of para-hydroxylation sites is 1. The summed E-state index contributed by atoms with van der Waals surface area (Å²) in [6, 6.07) is 7.30. The van der Waals surface area contributed by atoms with Crippen LogP contribution in [0.15, 0.2) is 24.3 Å². The third-order valence-corrected chi connectivity index (χ3v) is 3.26. The van der Waals surface area contributed by atoms with Crippen LogP contribution < -0.4 is 4.74 Å². The second-order valence-electron chi connectivity index (χ2n) is 4.55. The summed E-state index contributed by atoms with van der Waals surface area (Å²) in [6.07, 6.45) is 2.75. The molecule has 0 radical (unpaired) electrons. The molecule has 4 nitrogen and oxygen atoms in total. The van der Waals surface area contributed by atoms with E-state index < -0.39 is 0 Å². The molecule has 0 bridgehead atoms. The molecule has 1 saturated heterocycles. The van der Waals surface area contributed by atoms with Gasteiger partial charge in [-0.25, -0.2) is 0 Å². The molecule has 0 amide bonds. The maximum Gasteiger partial charge on any atom is 0.153 e. The Morgan fingerprint density at radius 2 is 2.06 bits per heavy atom. The number of nitrogens with zero attached hydrogens (tertiary/aromatic N) is 1. The number of amidine groups is 1. The second-order valence-corrected chi connectivity index (χ2v) is 4.55. The highest BCUT2D eigenvalue weighted by molar-refractivity contribution is 5.79. The van der Waals surface area contributed by atoms with Crippen molar-refractivity contribution in [3.05, 3.63) is 29.8 Å². The average Bonchev–Trinajstić information content (AvgIpc) is 2.40. The third kappa shape index (κ3) is 2.88. The number of likely N-dealkylation sites (tertiary alicyclic amines) is 1. The molecular weight excluding hydrogens is 228 g/mol. The van der Waals surface area contributed by atoms with Gasteiger partial charge in [0.05, 0.1) is 11.4 Å². The standard InChI is InChI=1S/C14H18N2O2/c1-11(15)16-8-6-13(7-9-16)18-14-5-3-2-4-12(14)10-17/h2-5,10,13,15H,6-9H2,1H3. The average molecular weight is 246 g/mol. The van der Waals surface area contributed by atoms with Crippen molar-refractivity contribution >= 4 is 12.1 Å². The van der Waals surface area contributed by atoms with Crippen molar-refractivity contribution in [2.24, 2.45) is 0 Å². The van der Waals surface area contributed by atoms with E-state index in [9.17, 15) is 4.79 Å². The van der Waals surface area contributed by atoms with E-state index in [1.807, 2.05) is 30.0 Å². The molecule has 1 heterocycles. The highest BCUT2D eigenvalue weighted by atomic mass is 16.5. The SMILES string of the molecule is CC(=N)N1CCC(Oc2ccccc2C=O)CC1. The lowest BCUT2D eigenvalue weighted by Crippen LogP contribution is -2.40. The maximum absolute atomic E-state index is 10.9. The van der Waals surface area contributed by atoms with Gasteiger partial charge in [-0.2, -0.15) is 0 Å². The first-order valence-electron chi connectivity index (χ1n) is 6.21. The van der Waals surface area contributed by atoms with Gasteiger partial charge in [-0.3, -0.25) is 10.2 Å². The first kappa shape index (κ1) is 12.6. The number of benzene rings is 1. The molecule has 1 aliphatic rings. The third-order valence-electron chi connectivity index (χ3n) is 3.26. The molecular formula is C14H18N2O2. The molecule has 2 rings (SSSR count). The van der Waals surface area contributed by atoms with Crippen molar-refractivity contribution in [2.45, 2.75) is 25.9 Å². The summed E-state index contributed by atoms with van der Waals surface area (Å²) in [5.74, 6) is 1.28. The van der Waals surface area contributed by atoms with E-state index in [-0.39, 0.29) is 6.10 Å². The number of hydrogen-bond acceptors (Lipinski definition) is 3. The summed E-state index contributed by atoms with van der Waals surface area (Å²) in [5.41, 5.74) is 0.600. The van der Waals surface area contributed by atoms with Crippen LogP contribution in [0.2, 0.25) is 0 Å². The molecule has 96 valence electrons. The smallest absolute Gasteiger partial charge is 0.153 e. The number of piperidine rings is 1. The van der Waals surface area contributed by atoms with E-state index in [0.717, 1.165) is 32.2 Å². The highest BCUT2D eigenvalue weighted by Crippen LogP contribution is 2.21. The molecule has 0 spiro atoms. The predicted octanol–water partition coefficient (Wildman–Crippen LogP) is 2.34. The summed E-state index contributed by atoms with van der Waals surface area (Å²) < 4.78 is 5.88. The van der Waals surface area contributed by atoms with Crippen LogP contribution in [0.25, 0.3) is 0 Å². The fraction of sp³-hybridized carbons (Fsp3) is 0.429. The number of aldehydes is 1. The number of ether oxygens (including phenoxy) is 1. The number of rotatable bonds is 3. The Morgan fingerprint density at radius 1 is 1.39 bits per heavy atom. The molecule has 0 atom stereocenters. The monoisotopic (exact) mass is 246 g/mol. The highest BCUT2D eigenvalue weighted by Gasteiger charge is 2.21. The van der Waals surface area contributed by atoms with Gasteiger partial charge in [-0.15, -0.1) is 0 Å². The molecule has 0 aliphatic carbocycles. The molecule has 1 N–H and O–H groups in total. The van der Waals surface area contributed by atoms with E-state index >= 15 is 0 Å². The van der Waals surface area contributed by atoms with Gasteiger partial charge in [0.25, 0.3) is 0 Å². The Bertz CT molecular complexity index is 437. The van der Waals surface area contributed by atoms with Gasteiger partial charge in [-0.1, -0.05) is 12.1 Å². The Hall–Kier alpha value is -1.84. The van der Waals surface area contributed by atoms with Crippen LogP contribution in [0, 0.1) is 5.41 Å². The van der Waals surface area contributed by atoms with Crippen LogP contribution in [0.1, 0.15) is 30.1 Å². The molecule has 18 heavy (non-hydrogen) atoms. The largest absolute Gasteiger partial charge is 0.490 e. The topological polar surface area (TPSA) is 53.4 Å². The Morgan fingerprint density at radius 3 is 2.67 bits per heavy atom. The van der Waals surface area contributed by atoms with Crippen LogP contribution in [-0.4, -0.2) is 36.2 Å². The molecule has 4 heteroatoms.